The summed E-state index contributed by atoms with van der Waals surface area (Å²) in [5, 5.41) is 3.36. The first kappa shape index (κ1) is 16.0. The topological polar surface area (TPSA) is 34.1 Å². The van der Waals surface area contributed by atoms with Crippen molar-refractivity contribution in [1.29, 1.82) is 0 Å². The number of hydrogen-bond donors (Lipinski definition) is 1. The van der Waals surface area contributed by atoms with Gasteiger partial charge in [0.2, 0.25) is 0 Å². The largest absolute Gasteiger partial charge is 0.492 e. The summed E-state index contributed by atoms with van der Waals surface area (Å²) in [6.07, 6.45) is 5.58. The van der Waals surface area contributed by atoms with E-state index < -0.39 is 0 Å². The number of pyridine rings is 1. The molecule has 1 aromatic heterocycles. The maximum absolute atomic E-state index is 5.66. The fourth-order valence-electron chi connectivity index (χ4n) is 2.21. The van der Waals surface area contributed by atoms with Gasteiger partial charge in [-0.2, -0.15) is 0 Å². The van der Waals surface area contributed by atoms with E-state index in [0.29, 0.717) is 0 Å². The number of benzene rings is 1. The second-order valence-electron chi connectivity index (χ2n) is 4.98. The predicted octanol–water partition coefficient (Wildman–Crippen LogP) is 4.14. The molecule has 0 bridgehead atoms. The van der Waals surface area contributed by atoms with Crippen molar-refractivity contribution in [3.8, 4) is 5.75 Å². The van der Waals surface area contributed by atoms with Gasteiger partial charge in [0.25, 0.3) is 0 Å². The lowest BCUT2D eigenvalue weighted by Crippen LogP contribution is -2.19. The smallest absolute Gasteiger partial charge is 0.137 e. The Hall–Kier alpha value is -1.39. The van der Waals surface area contributed by atoms with Crippen molar-refractivity contribution in [2.45, 2.75) is 25.8 Å². The highest BCUT2D eigenvalue weighted by molar-refractivity contribution is 9.10. The van der Waals surface area contributed by atoms with Gasteiger partial charge in [-0.25, -0.2) is 0 Å². The fraction of sp³-hybridized carbons (Fsp3) is 0.353. The normalized spacial score (nSPS) is 12.1. The summed E-state index contributed by atoms with van der Waals surface area (Å²) in [6.45, 7) is 2.82. The molecule has 3 nitrogen and oxygen atoms in total. The Morgan fingerprint density at radius 3 is 2.86 bits per heavy atom. The monoisotopic (exact) mass is 348 g/mol. The summed E-state index contributed by atoms with van der Waals surface area (Å²) in [7, 11) is 1.97. The van der Waals surface area contributed by atoms with Gasteiger partial charge in [0.1, 0.15) is 5.75 Å². The zero-order valence-electron chi connectivity index (χ0n) is 12.5. The molecule has 1 atom stereocenters. The van der Waals surface area contributed by atoms with Gasteiger partial charge in [-0.15, -0.1) is 0 Å². The molecule has 112 valence electrons. The number of rotatable bonds is 7. The van der Waals surface area contributed by atoms with Crippen LogP contribution in [0.15, 0.2) is 47.2 Å². The highest BCUT2D eigenvalue weighted by atomic mass is 79.9. The summed E-state index contributed by atoms with van der Waals surface area (Å²) in [4.78, 5) is 4.29. The molecule has 0 fully saturated rings. The molecule has 1 N–H and O–H groups in total. The second kappa shape index (κ2) is 8.15. The SMILES string of the molecule is CCCOc1cncc(C(Cc2cccc(Br)c2)NC)c1. The van der Waals surface area contributed by atoms with E-state index in [4.69, 9.17) is 4.74 Å². The fourth-order valence-corrected chi connectivity index (χ4v) is 2.66. The molecule has 0 spiro atoms. The van der Waals surface area contributed by atoms with Crippen LogP contribution in [0.25, 0.3) is 0 Å². The minimum absolute atomic E-state index is 0.219. The van der Waals surface area contributed by atoms with Crippen LogP contribution in [0.2, 0.25) is 0 Å². The van der Waals surface area contributed by atoms with Gasteiger partial charge < -0.3 is 10.1 Å². The molecular weight excluding hydrogens is 328 g/mol. The molecule has 21 heavy (non-hydrogen) atoms. The Morgan fingerprint density at radius 2 is 2.14 bits per heavy atom. The standard InChI is InChI=1S/C17H21BrN2O/c1-3-7-21-16-10-14(11-20-12-16)17(19-2)9-13-5-4-6-15(18)8-13/h4-6,8,10-12,17,19H,3,7,9H2,1-2H3. The Morgan fingerprint density at radius 1 is 1.29 bits per heavy atom. The maximum atomic E-state index is 5.66. The first-order chi connectivity index (χ1) is 10.2. The van der Waals surface area contributed by atoms with E-state index in [2.05, 4.69) is 57.4 Å². The molecule has 0 radical (unpaired) electrons. The third-order valence-electron chi connectivity index (χ3n) is 3.29. The van der Waals surface area contributed by atoms with Gasteiger partial charge in [-0.1, -0.05) is 35.0 Å². The molecule has 0 aliphatic carbocycles. The summed E-state index contributed by atoms with van der Waals surface area (Å²) >= 11 is 3.52. The Labute approximate surface area is 134 Å². The van der Waals surface area contributed by atoms with Crippen molar-refractivity contribution < 1.29 is 4.74 Å². The van der Waals surface area contributed by atoms with Gasteiger partial charge in [-0.05, 0) is 49.2 Å². The first-order valence-corrected chi connectivity index (χ1v) is 8.01. The predicted molar refractivity (Wildman–Crippen MR) is 89.7 cm³/mol. The molecule has 4 heteroatoms. The summed E-state index contributed by atoms with van der Waals surface area (Å²) < 4.78 is 6.77. The lowest BCUT2D eigenvalue weighted by Gasteiger charge is -2.17. The van der Waals surface area contributed by atoms with Gasteiger partial charge in [0, 0.05) is 16.7 Å². The van der Waals surface area contributed by atoms with Crippen molar-refractivity contribution in [3.63, 3.8) is 0 Å². The maximum Gasteiger partial charge on any atom is 0.137 e. The zero-order chi connectivity index (χ0) is 15.1. The van der Waals surface area contributed by atoms with E-state index in [9.17, 15) is 0 Å². The number of aromatic nitrogens is 1. The van der Waals surface area contributed by atoms with Crippen LogP contribution in [0.4, 0.5) is 0 Å². The van der Waals surface area contributed by atoms with E-state index in [1.807, 2.05) is 19.3 Å². The third kappa shape index (κ3) is 4.83. The number of ether oxygens (including phenoxy) is 1. The number of nitrogens with zero attached hydrogens (tertiary/aromatic N) is 1. The Kier molecular flexibility index (Phi) is 6.21. The minimum atomic E-state index is 0.219. The molecule has 0 aliphatic heterocycles. The zero-order valence-corrected chi connectivity index (χ0v) is 14.1. The van der Waals surface area contributed by atoms with E-state index >= 15 is 0 Å². The highest BCUT2D eigenvalue weighted by Gasteiger charge is 2.12. The van der Waals surface area contributed by atoms with Crippen LogP contribution in [0.5, 0.6) is 5.75 Å². The molecule has 1 unspecified atom stereocenters. The van der Waals surface area contributed by atoms with Crippen LogP contribution in [-0.4, -0.2) is 18.6 Å². The number of likely N-dealkylation sites (N-methyl/N-ethyl adjacent to an activating group) is 1. The van der Waals surface area contributed by atoms with Crippen LogP contribution >= 0.6 is 15.9 Å². The van der Waals surface area contributed by atoms with Crippen molar-refractivity contribution >= 4 is 15.9 Å². The van der Waals surface area contributed by atoms with E-state index in [0.717, 1.165) is 35.2 Å². The lowest BCUT2D eigenvalue weighted by atomic mass is 10.0. The molecule has 2 rings (SSSR count). The average molecular weight is 349 g/mol. The summed E-state index contributed by atoms with van der Waals surface area (Å²) in [5.74, 6) is 0.837. The lowest BCUT2D eigenvalue weighted by molar-refractivity contribution is 0.315. The van der Waals surface area contributed by atoms with E-state index in [1.54, 1.807) is 6.20 Å². The average Bonchev–Trinajstić information content (AvgIpc) is 2.51. The third-order valence-corrected chi connectivity index (χ3v) is 3.78. The Bertz CT molecular complexity index is 574. The van der Waals surface area contributed by atoms with Crippen molar-refractivity contribution in [3.05, 3.63) is 58.3 Å². The minimum Gasteiger partial charge on any atom is -0.492 e. The molecule has 2 aromatic rings. The molecule has 0 aliphatic rings. The molecule has 1 heterocycles. The second-order valence-corrected chi connectivity index (χ2v) is 5.89. The quantitative estimate of drug-likeness (QED) is 0.816. The molecule has 0 amide bonds. The number of halogens is 1. The molecule has 1 aromatic carbocycles. The van der Waals surface area contributed by atoms with Crippen LogP contribution < -0.4 is 10.1 Å². The molecule has 0 saturated carbocycles. The first-order valence-electron chi connectivity index (χ1n) is 7.22. The van der Waals surface area contributed by atoms with E-state index in [-0.39, 0.29) is 6.04 Å². The van der Waals surface area contributed by atoms with E-state index in [1.165, 1.54) is 5.56 Å². The van der Waals surface area contributed by atoms with Crippen LogP contribution in [0, 0.1) is 0 Å². The van der Waals surface area contributed by atoms with Gasteiger partial charge in [-0.3, -0.25) is 4.98 Å². The number of nitrogens with one attached hydrogen (secondary N) is 1. The molecule has 0 saturated heterocycles. The van der Waals surface area contributed by atoms with Crippen molar-refractivity contribution in [2.75, 3.05) is 13.7 Å². The van der Waals surface area contributed by atoms with Crippen molar-refractivity contribution in [1.82, 2.24) is 10.3 Å². The Balaban J connectivity index is 2.13. The van der Waals surface area contributed by atoms with Crippen molar-refractivity contribution in [2.24, 2.45) is 0 Å². The summed E-state index contributed by atoms with van der Waals surface area (Å²) in [6, 6.07) is 10.7. The summed E-state index contributed by atoms with van der Waals surface area (Å²) in [5.41, 5.74) is 2.43. The van der Waals surface area contributed by atoms with Gasteiger partial charge >= 0.3 is 0 Å². The van der Waals surface area contributed by atoms with Crippen LogP contribution in [-0.2, 0) is 6.42 Å². The highest BCUT2D eigenvalue weighted by Crippen LogP contribution is 2.22. The van der Waals surface area contributed by atoms with Crippen LogP contribution in [0.3, 0.4) is 0 Å². The van der Waals surface area contributed by atoms with Gasteiger partial charge in [0.05, 0.1) is 12.8 Å². The number of hydrogen-bond acceptors (Lipinski definition) is 3. The molecular formula is C17H21BrN2O. The van der Waals surface area contributed by atoms with Crippen LogP contribution in [0.1, 0.15) is 30.5 Å². The van der Waals surface area contributed by atoms with Gasteiger partial charge in [0.15, 0.2) is 0 Å².